The van der Waals surface area contributed by atoms with Gasteiger partial charge in [-0.05, 0) is 56.2 Å². The smallest absolute Gasteiger partial charge is 0.244 e. The normalized spacial score (nSPS) is 19.4. The van der Waals surface area contributed by atoms with Crippen LogP contribution in [0.2, 0.25) is 0 Å². The van der Waals surface area contributed by atoms with E-state index in [9.17, 15) is 4.79 Å². The first-order valence-corrected chi connectivity index (χ1v) is 9.07. The molecule has 140 valence electrons. The molecule has 0 radical (unpaired) electrons. The number of ether oxygens (including phenoxy) is 3. The zero-order chi connectivity index (χ0) is 19.0. The van der Waals surface area contributed by atoms with Crippen molar-refractivity contribution in [3.63, 3.8) is 0 Å². The summed E-state index contributed by atoms with van der Waals surface area (Å²) < 4.78 is 16.8. The average Bonchev–Trinajstić information content (AvgIpc) is 3.06. The molecular formula is C22H23NO4. The van der Waals surface area contributed by atoms with Crippen molar-refractivity contribution in [2.75, 3.05) is 6.79 Å². The van der Waals surface area contributed by atoms with Crippen LogP contribution in [0.3, 0.4) is 0 Å². The van der Waals surface area contributed by atoms with Gasteiger partial charge in [-0.2, -0.15) is 0 Å². The Labute approximate surface area is 158 Å². The van der Waals surface area contributed by atoms with E-state index in [0.717, 1.165) is 28.2 Å². The van der Waals surface area contributed by atoms with Gasteiger partial charge in [0.05, 0.1) is 6.04 Å². The van der Waals surface area contributed by atoms with Crippen LogP contribution >= 0.6 is 0 Å². The van der Waals surface area contributed by atoms with Crippen molar-refractivity contribution in [2.45, 2.75) is 38.8 Å². The molecule has 0 spiro atoms. The van der Waals surface area contributed by atoms with Crippen LogP contribution in [0.25, 0.3) is 6.08 Å². The predicted molar refractivity (Wildman–Crippen MR) is 103 cm³/mol. The summed E-state index contributed by atoms with van der Waals surface area (Å²) in [6, 6.07) is 11.6. The molecule has 1 atom stereocenters. The minimum absolute atomic E-state index is 0.0850. The monoisotopic (exact) mass is 365 g/mol. The van der Waals surface area contributed by atoms with Crippen LogP contribution in [0.5, 0.6) is 17.2 Å². The number of amides is 1. The maximum absolute atomic E-state index is 12.5. The molecule has 5 heteroatoms. The lowest BCUT2D eigenvalue weighted by molar-refractivity contribution is -0.117. The number of nitrogens with one attached hydrogen (secondary N) is 1. The minimum Gasteiger partial charge on any atom is -0.487 e. The number of hydrogen-bond acceptors (Lipinski definition) is 4. The van der Waals surface area contributed by atoms with Crippen molar-refractivity contribution in [1.82, 2.24) is 5.32 Å². The summed E-state index contributed by atoms with van der Waals surface area (Å²) in [5.74, 6) is 2.14. The van der Waals surface area contributed by atoms with E-state index >= 15 is 0 Å². The van der Waals surface area contributed by atoms with Gasteiger partial charge in [-0.25, -0.2) is 0 Å². The first kappa shape index (κ1) is 17.5. The lowest BCUT2D eigenvalue weighted by atomic mass is 9.89. The Morgan fingerprint density at radius 3 is 2.78 bits per heavy atom. The predicted octanol–water partition coefficient (Wildman–Crippen LogP) is 4.16. The summed E-state index contributed by atoms with van der Waals surface area (Å²) in [5, 5.41) is 3.11. The zero-order valence-corrected chi connectivity index (χ0v) is 15.7. The van der Waals surface area contributed by atoms with Gasteiger partial charge in [-0.15, -0.1) is 0 Å². The fraction of sp³-hybridized carbons (Fsp3) is 0.318. The number of carbonyl (C=O) groups is 1. The van der Waals surface area contributed by atoms with Crippen molar-refractivity contribution >= 4 is 12.0 Å². The van der Waals surface area contributed by atoms with E-state index in [1.807, 2.05) is 57.2 Å². The highest BCUT2D eigenvalue weighted by molar-refractivity contribution is 5.92. The Morgan fingerprint density at radius 1 is 1.11 bits per heavy atom. The molecule has 1 amide bonds. The van der Waals surface area contributed by atoms with Gasteiger partial charge in [0, 0.05) is 18.1 Å². The molecule has 2 aromatic carbocycles. The second-order valence-electron chi connectivity index (χ2n) is 7.61. The summed E-state index contributed by atoms with van der Waals surface area (Å²) in [6.07, 6.45) is 4.04. The highest BCUT2D eigenvalue weighted by Gasteiger charge is 2.34. The topological polar surface area (TPSA) is 56.8 Å². The highest BCUT2D eigenvalue weighted by atomic mass is 16.7. The van der Waals surface area contributed by atoms with Crippen LogP contribution in [-0.2, 0) is 4.79 Å². The third-order valence-electron chi connectivity index (χ3n) is 4.77. The molecule has 0 bridgehead atoms. The Bertz CT molecular complexity index is 917. The van der Waals surface area contributed by atoms with Gasteiger partial charge in [0.2, 0.25) is 12.7 Å². The Morgan fingerprint density at radius 2 is 1.93 bits per heavy atom. The summed E-state index contributed by atoms with van der Waals surface area (Å²) in [4.78, 5) is 12.5. The summed E-state index contributed by atoms with van der Waals surface area (Å²) in [6.45, 7) is 6.36. The third-order valence-corrected chi connectivity index (χ3v) is 4.77. The first-order valence-electron chi connectivity index (χ1n) is 9.07. The van der Waals surface area contributed by atoms with E-state index in [1.54, 1.807) is 12.2 Å². The van der Waals surface area contributed by atoms with E-state index in [2.05, 4.69) is 5.32 Å². The van der Waals surface area contributed by atoms with Crippen molar-refractivity contribution in [2.24, 2.45) is 0 Å². The number of carbonyl (C=O) groups excluding carboxylic acids is 1. The highest BCUT2D eigenvalue weighted by Crippen LogP contribution is 2.40. The van der Waals surface area contributed by atoms with E-state index in [0.29, 0.717) is 12.2 Å². The molecule has 0 saturated heterocycles. The maximum atomic E-state index is 12.5. The molecular weight excluding hydrogens is 342 g/mol. The molecule has 27 heavy (non-hydrogen) atoms. The fourth-order valence-corrected chi connectivity index (χ4v) is 3.50. The lowest BCUT2D eigenvalue weighted by Crippen LogP contribution is -2.40. The van der Waals surface area contributed by atoms with E-state index in [1.165, 1.54) is 0 Å². The second-order valence-corrected chi connectivity index (χ2v) is 7.61. The van der Waals surface area contributed by atoms with Gasteiger partial charge in [-0.3, -0.25) is 4.79 Å². The van der Waals surface area contributed by atoms with E-state index in [-0.39, 0.29) is 24.3 Å². The molecule has 0 saturated carbocycles. The fourth-order valence-electron chi connectivity index (χ4n) is 3.50. The van der Waals surface area contributed by atoms with Gasteiger partial charge >= 0.3 is 0 Å². The molecule has 4 rings (SSSR count). The number of hydrogen-bond donors (Lipinski definition) is 1. The van der Waals surface area contributed by atoms with Crippen LogP contribution < -0.4 is 19.5 Å². The van der Waals surface area contributed by atoms with Crippen LogP contribution in [0, 0.1) is 6.92 Å². The van der Waals surface area contributed by atoms with Crippen molar-refractivity contribution in [1.29, 1.82) is 0 Å². The van der Waals surface area contributed by atoms with Gasteiger partial charge in [0.15, 0.2) is 11.5 Å². The maximum Gasteiger partial charge on any atom is 0.244 e. The largest absolute Gasteiger partial charge is 0.487 e. The quantitative estimate of drug-likeness (QED) is 0.830. The zero-order valence-electron chi connectivity index (χ0n) is 15.7. The Hall–Kier alpha value is -2.95. The summed E-state index contributed by atoms with van der Waals surface area (Å²) >= 11 is 0. The van der Waals surface area contributed by atoms with Crippen molar-refractivity contribution < 1.29 is 19.0 Å². The van der Waals surface area contributed by atoms with Crippen LogP contribution in [0.1, 0.15) is 43.0 Å². The molecule has 1 N–H and O–H groups in total. The molecule has 0 aliphatic carbocycles. The van der Waals surface area contributed by atoms with Crippen LogP contribution in [-0.4, -0.2) is 18.3 Å². The molecule has 0 aromatic heterocycles. The number of fused-ring (bicyclic) bond motifs is 2. The summed E-state index contributed by atoms with van der Waals surface area (Å²) in [5.41, 5.74) is 2.71. The molecule has 2 aliphatic rings. The van der Waals surface area contributed by atoms with E-state index in [4.69, 9.17) is 14.2 Å². The standard InChI is InChI=1S/C22H23NO4/c1-14-4-7-16-17(12-22(2,3)27-19(16)10-14)23-21(24)9-6-15-5-8-18-20(11-15)26-13-25-18/h4-11,17H,12-13H2,1-3H3,(H,23,24)/b9-6+/t17-/m0/s1. The van der Waals surface area contributed by atoms with Crippen molar-refractivity contribution in [3.05, 3.63) is 59.2 Å². The average molecular weight is 365 g/mol. The SMILES string of the molecule is Cc1ccc2c(c1)OC(C)(C)C[C@@H]2NC(=O)/C=C/c1ccc2c(c1)OCO2. The number of aryl methyl sites for hydroxylation is 1. The molecule has 0 fully saturated rings. The Balaban J connectivity index is 1.49. The second kappa shape index (κ2) is 6.65. The summed E-state index contributed by atoms with van der Waals surface area (Å²) in [7, 11) is 0. The lowest BCUT2D eigenvalue weighted by Gasteiger charge is -2.38. The number of rotatable bonds is 3. The molecule has 2 aliphatic heterocycles. The first-order chi connectivity index (χ1) is 12.9. The Kier molecular flexibility index (Phi) is 4.30. The van der Waals surface area contributed by atoms with E-state index < -0.39 is 0 Å². The molecule has 5 nitrogen and oxygen atoms in total. The molecule has 2 aromatic rings. The van der Waals surface area contributed by atoms with Gasteiger partial charge < -0.3 is 19.5 Å². The number of benzene rings is 2. The molecule has 2 heterocycles. The third kappa shape index (κ3) is 3.77. The van der Waals surface area contributed by atoms with Crippen LogP contribution in [0.4, 0.5) is 0 Å². The van der Waals surface area contributed by atoms with Gasteiger partial charge in [0.25, 0.3) is 0 Å². The van der Waals surface area contributed by atoms with Gasteiger partial charge in [0.1, 0.15) is 11.4 Å². The van der Waals surface area contributed by atoms with Gasteiger partial charge in [-0.1, -0.05) is 18.2 Å². The van der Waals surface area contributed by atoms with Crippen molar-refractivity contribution in [3.8, 4) is 17.2 Å². The minimum atomic E-state index is -0.334. The van der Waals surface area contributed by atoms with Crippen LogP contribution in [0.15, 0.2) is 42.5 Å². The molecule has 0 unspecified atom stereocenters.